The van der Waals surface area contributed by atoms with Crippen LogP contribution in [0.5, 0.6) is 0 Å². The predicted octanol–water partition coefficient (Wildman–Crippen LogP) is -8.73. The number of carbonyl (C=O) groups excluding carboxylic acids is 9. The SMILES string of the molecule is C[C@H](NC(=O)[C@@H]1CCCN1C(=O)[C@H](CO)NC(=O)[C@H](CC(=O)O)NC(=O)CNC(=O)[C@@H](N)CCCNC(=N)N)C(=O)N[C@@H](CO)C(=O)N[C@@H](CO)C(=O)N[C@@H](CCCCN)C(=O)N1CCC[C@H]1C(=O)O. The first kappa shape index (κ1) is 59.4. The summed E-state index contributed by atoms with van der Waals surface area (Å²) in [6, 6.07) is -13.1. The van der Waals surface area contributed by atoms with Crippen LogP contribution < -0.4 is 59.7 Å². The topological polar surface area (TPSA) is 494 Å². The third-order valence-corrected chi connectivity index (χ3v) is 11.2. The summed E-state index contributed by atoms with van der Waals surface area (Å²) in [6.07, 6.45) is 1.33. The fourth-order valence-corrected chi connectivity index (χ4v) is 7.41. The van der Waals surface area contributed by atoms with Crippen LogP contribution in [0.15, 0.2) is 0 Å². The zero-order valence-electron chi connectivity index (χ0n) is 38.8. The molecule has 0 aromatic heterocycles. The van der Waals surface area contributed by atoms with Crippen molar-refractivity contribution in [1.29, 1.82) is 5.41 Å². The molecule has 394 valence electrons. The van der Waals surface area contributed by atoms with E-state index < -0.39 is 152 Å². The first-order valence-corrected chi connectivity index (χ1v) is 22.6. The van der Waals surface area contributed by atoms with Crippen LogP contribution in [-0.2, 0) is 52.7 Å². The number of amides is 9. The largest absolute Gasteiger partial charge is 0.481 e. The van der Waals surface area contributed by atoms with E-state index in [1.165, 1.54) is 6.92 Å². The number of nitrogens with two attached hydrogens (primary N) is 3. The minimum Gasteiger partial charge on any atom is -0.481 e. The predicted molar refractivity (Wildman–Crippen MR) is 241 cm³/mol. The van der Waals surface area contributed by atoms with Crippen LogP contribution in [0, 0.1) is 5.41 Å². The van der Waals surface area contributed by atoms with Gasteiger partial charge in [-0.1, -0.05) is 0 Å². The quantitative estimate of drug-likeness (QED) is 0.0180. The Labute approximate surface area is 401 Å². The maximum atomic E-state index is 13.6. The van der Waals surface area contributed by atoms with E-state index in [-0.39, 0.29) is 64.2 Å². The van der Waals surface area contributed by atoms with Crippen LogP contribution in [0.2, 0.25) is 0 Å². The summed E-state index contributed by atoms with van der Waals surface area (Å²) in [7, 11) is 0. The van der Waals surface area contributed by atoms with Crippen molar-refractivity contribution in [3.8, 4) is 0 Å². The van der Waals surface area contributed by atoms with Crippen LogP contribution >= 0.6 is 0 Å². The molecule has 0 aromatic rings. The lowest BCUT2D eigenvalue weighted by molar-refractivity contribution is -0.149. The molecule has 2 saturated heterocycles. The molecule has 0 unspecified atom stereocenters. The Bertz CT molecular complexity index is 1890. The highest BCUT2D eigenvalue weighted by Crippen LogP contribution is 2.21. The van der Waals surface area contributed by atoms with Crippen molar-refractivity contribution in [2.24, 2.45) is 17.2 Å². The maximum Gasteiger partial charge on any atom is 0.326 e. The molecule has 30 nitrogen and oxygen atoms in total. The van der Waals surface area contributed by atoms with Gasteiger partial charge >= 0.3 is 11.9 Å². The van der Waals surface area contributed by atoms with Crippen LogP contribution in [0.3, 0.4) is 0 Å². The standard InChI is InChI=1S/C40H68N14O16/c1-20(31(61)50-24(17-55)35(65)51-25(18-56)34(64)49-22(8-2-3-11-41)37(67)54-14-6-10-28(54)39(69)70)47-36(66)27-9-5-13-53(27)38(68)26(19-57)52-33(63)23(15-30(59)60)48-29(58)16-46-32(62)21(42)7-4-12-45-40(43)44/h20-28,55-57H,2-19,41-42H2,1H3,(H,46,62)(H,47,66)(H,48,58)(H,49,64)(H,50,61)(H,51,65)(H,52,63)(H,59,60)(H,69,70)(H4,43,44,45)/t20-,21-,22-,23-,24-,25-,26-,27-,28-/m0/s1. The second-order valence-corrected chi connectivity index (χ2v) is 16.5. The molecule has 0 radical (unpaired) electrons. The number of nitrogens with zero attached hydrogens (tertiary/aromatic N) is 2. The number of guanidine groups is 1. The molecule has 2 aliphatic heterocycles. The van der Waals surface area contributed by atoms with Crippen molar-refractivity contribution in [2.75, 3.05) is 52.5 Å². The monoisotopic (exact) mass is 1000 g/mol. The summed E-state index contributed by atoms with van der Waals surface area (Å²) in [5, 5.41) is 74.4. The van der Waals surface area contributed by atoms with Gasteiger partial charge in [-0.15, -0.1) is 0 Å². The molecule has 2 rings (SSSR count). The number of carboxylic acid groups (broad SMARTS) is 2. The molecule has 30 heteroatoms. The van der Waals surface area contributed by atoms with Gasteiger partial charge in [-0.25, -0.2) is 4.79 Å². The molecule has 0 spiro atoms. The summed E-state index contributed by atoms with van der Waals surface area (Å²) in [4.78, 5) is 144. The van der Waals surface area contributed by atoms with Gasteiger partial charge in [-0.3, -0.25) is 53.4 Å². The highest BCUT2D eigenvalue weighted by Gasteiger charge is 2.41. The molecule has 70 heavy (non-hydrogen) atoms. The minimum absolute atomic E-state index is 0.0459. The second kappa shape index (κ2) is 30.0. The summed E-state index contributed by atoms with van der Waals surface area (Å²) in [6.45, 7) is -2.00. The maximum absolute atomic E-state index is 13.6. The van der Waals surface area contributed by atoms with E-state index >= 15 is 0 Å². The Hall–Kier alpha value is -6.76. The van der Waals surface area contributed by atoms with Crippen molar-refractivity contribution < 1.29 is 78.3 Å². The van der Waals surface area contributed by atoms with E-state index in [9.17, 15) is 78.3 Å². The van der Waals surface area contributed by atoms with E-state index in [0.29, 0.717) is 25.7 Å². The molecule has 0 aromatic carbocycles. The molecule has 9 atom stereocenters. The fourth-order valence-electron chi connectivity index (χ4n) is 7.41. The minimum atomic E-state index is -1.81. The van der Waals surface area contributed by atoms with E-state index in [1.54, 1.807) is 0 Å². The van der Waals surface area contributed by atoms with Gasteiger partial charge in [0.2, 0.25) is 53.2 Å². The molecular formula is C40H68N14O16. The zero-order valence-corrected chi connectivity index (χ0v) is 38.8. The van der Waals surface area contributed by atoms with E-state index in [1.807, 2.05) is 0 Å². The number of hydrogen-bond acceptors (Lipinski definition) is 17. The molecule has 2 fully saturated rings. The van der Waals surface area contributed by atoms with Gasteiger partial charge in [-0.05, 0) is 71.3 Å². The molecule has 20 N–H and O–H groups in total. The van der Waals surface area contributed by atoms with Gasteiger partial charge in [-0.2, -0.15) is 0 Å². The second-order valence-electron chi connectivity index (χ2n) is 16.5. The van der Waals surface area contributed by atoms with Crippen LogP contribution in [0.1, 0.15) is 71.1 Å². The summed E-state index contributed by atoms with van der Waals surface area (Å²) < 4.78 is 0. The molecule has 0 saturated carbocycles. The molecule has 0 aliphatic carbocycles. The van der Waals surface area contributed by atoms with Gasteiger partial charge in [0, 0.05) is 19.6 Å². The van der Waals surface area contributed by atoms with Crippen molar-refractivity contribution >= 4 is 71.1 Å². The Morgan fingerprint density at radius 1 is 0.629 bits per heavy atom. The number of unbranched alkanes of at least 4 members (excludes halogenated alkanes) is 1. The lowest BCUT2D eigenvalue weighted by Gasteiger charge is -2.29. The lowest BCUT2D eigenvalue weighted by Crippen LogP contribution is -2.61. The average Bonchev–Trinajstić information content (AvgIpc) is 4.02. The Morgan fingerprint density at radius 3 is 1.69 bits per heavy atom. The van der Waals surface area contributed by atoms with Gasteiger partial charge in [0.15, 0.2) is 5.96 Å². The van der Waals surface area contributed by atoms with Crippen LogP contribution in [0.4, 0.5) is 0 Å². The van der Waals surface area contributed by atoms with Crippen molar-refractivity contribution in [2.45, 2.75) is 126 Å². The van der Waals surface area contributed by atoms with Gasteiger partial charge in [0.05, 0.1) is 38.8 Å². The smallest absolute Gasteiger partial charge is 0.326 e. The molecule has 0 bridgehead atoms. The Kier molecular flexibility index (Phi) is 25.4. The zero-order chi connectivity index (χ0) is 52.7. The van der Waals surface area contributed by atoms with Gasteiger partial charge in [0.25, 0.3) is 0 Å². The number of carboxylic acids is 2. The molecular weight excluding hydrogens is 933 g/mol. The fraction of sp³-hybridized carbons (Fsp3) is 0.700. The van der Waals surface area contributed by atoms with E-state index in [0.717, 1.165) is 9.80 Å². The number of likely N-dealkylation sites (tertiary alicyclic amines) is 2. The molecule has 9 amide bonds. The number of aliphatic hydroxyl groups is 3. The average molecular weight is 1000 g/mol. The third kappa shape index (κ3) is 19.0. The number of nitrogens with one attached hydrogen (secondary N) is 9. The normalized spacial score (nSPS) is 18.3. The first-order chi connectivity index (χ1) is 33.1. The summed E-state index contributed by atoms with van der Waals surface area (Å²) >= 11 is 0. The van der Waals surface area contributed by atoms with Crippen molar-refractivity contribution in [1.82, 2.24) is 52.3 Å². The highest BCUT2D eigenvalue weighted by molar-refractivity contribution is 5.99. The number of rotatable bonds is 30. The molecule has 2 aliphatic rings. The lowest BCUT2D eigenvalue weighted by atomic mass is 10.1. The van der Waals surface area contributed by atoms with Gasteiger partial charge < -0.3 is 95.1 Å². The van der Waals surface area contributed by atoms with Gasteiger partial charge in [0.1, 0.15) is 48.3 Å². The Morgan fingerprint density at radius 2 is 1.14 bits per heavy atom. The Balaban J connectivity index is 2.02. The van der Waals surface area contributed by atoms with Crippen LogP contribution in [0.25, 0.3) is 0 Å². The number of hydrogen-bond donors (Lipinski definition) is 17. The summed E-state index contributed by atoms with van der Waals surface area (Å²) in [5.41, 5.74) is 16.5. The third-order valence-electron chi connectivity index (χ3n) is 11.2. The van der Waals surface area contributed by atoms with Crippen molar-refractivity contribution in [3.05, 3.63) is 0 Å². The van der Waals surface area contributed by atoms with Crippen molar-refractivity contribution in [3.63, 3.8) is 0 Å². The first-order valence-electron chi connectivity index (χ1n) is 22.6. The number of carbonyl (C=O) groups is 11. The number of aliphatic hydroxyl groups excluding tert-OH is 3. The van der Waals surface area contributed by atoms with E-state index in [4.69, 9.17) is 22.6 Å². The number of aliphatic carboxylic acids is 2. The molecule has 2 heterocycles. The van der Waals surface area contributed by atoms with Crippen LogP contribution in [-0.4, -0.2) is 213 Å². The summed E-state index contributed by atoms with van der Waals surface area (Å²) in [5.74, 6) is -11.8. The highest BCUT2D eigenvalue weighted by atomic mass is 16.4. The van der Waals surface area contributed by atoms with E-state index in [2.05, 4.69) is 42.5 Å².